The predicted molar refractivity (Wildman–Crippen MR) is 105 cm³/mol. The van der Waals surface area contributed by atoms with E-state index in [2.05, 4.69) is 42.7 Å². The molecule has 1 fully saturated rings. The molecule has 28 heavy (non-hydrogen) atoms. The Bertz CT molecular complexity index is 1190. The summed E-state index contributed by atoms with van der Waals surface area (Å²) in [7, 11) is 0. The maximum absolute atomic E-state index is 11.3. The summed E-state index contributed by atoms with van der Waals surface area (Å²) in [5.74, 6) is 0.590. The summed E-state index contributed by atoms with van der Waals surface area (Å²) in [6, 6.07) is 4.19. The van der Waals surface area contributed by atoms with Crippen molar-refractivity contribution in [1.82, 2.24) is 34.9 Å². The molecule has 9 heteroatoms. The van der Waals surface area contributed by atoms with E-state index in [1.807, 2.05) is 35.1 Å². The van der Waals surface area contributed by atoms with Crippen LogP contribution >= 0.6 is 0 Å². The van der Waals surface area contributed by atoms with Crippen molar-refractivity contribution >= 4 is 28.5 Å². The lowest BCUT2D eigenvalue weighted by Gasteiger charge is -2.45. The molecule has 1 aliphatic rings. The summed E-state index contributed by atoms with van der Waals surface area (Å²) >= 11 is 0. The number of H-pyrrole nitrogens is 1. The van der Waals surface area contributed by atoms with E-state index in [0.29, 0.717) is 5.95 Å². The molecule has 4 heterocycles. The van der Waals surface area contributed by atoms with Gasteiger partial charge < -0.3 is 15.6 Å². The number of nitrogens with zero attached hydrogens (tertiary/aromatic N) is 5. The van der Waals surface area contributed by atoms with Gasteiger partial charge in [0.1, 0.15) is 12.0 Å². The summed E-state index contributed by atoms with van der Waals surface area (Å²) in [5.41, 5.74) is 3.50. The molecule has 5 rings (SSSR count). The second-order valence-corrected chi connectivity index (χ2v) is 7.66. The predicted octanol–water partition coefficient (Wildman–Crippen LogP) is 2.14. The van der Waals surface area contributed by atoms with Crippen molar-refractivity contribution in [2.24, 2.45) is 0 Å². The van der Waals surface area contributed by atoms with Gasteiger partial charge in [-0.05, 0) is 31.9 Å². The van der Waals surface area contributed by atoms with Crippen LogP contribution < -0.4 is 10.6 Å². The smallest absolute Gasteiger partial charge is 0.224 e. The van der Waals surface area contributed by atoms with Gasteiger partial charge in [-0.2, -0.15) is 4.98 Å². The van der Waals surface area contributed by atoms with Gasteiger partial charge in [-0.15, -0.1) is 10.2 Å². The van der Waals surface area contributed by atoms with Crippen molar-refractivity contribution in [2.45, 2.75) is 38.3 Å². The van der Waals surface area contributed by atoms with E-state index in [0.717, 1.165) is 40.6 Å². The van der Waals surface area contributed by atoms with E-state index in [9.17, 15) is 4.79 Å². The zero-order chi connectivity index (χ0) is 19.3. The minimum absolute atomic E-state index is 0.00203. The van der Waals surface area contributed by atoms with E-state index >= 15 is 0 Å². The maximum Gasteiger partial charge on any atom is 0.224 e. The van der Waals surface area contributed by atoms with Gasteiger partial charge in [-0.25, -0.2) is 4.98 Å². The third-order valence-corrected chi connectivity index (χ3v) is 5.24. The Morgan fingerprint density at radius 3 is 3.04 bits per heavy atom. The highest BCUT2D eigenvalue weighted by Crippen LogP contribution is 2.34. The van der Waals surface area contributed by atoms with Crippen LogP contribution in [-0.4, -0.2) is 47.0 Å². The molecule has 1 saturated carbocycles. The number of rotatable bonds is 4. The fraction of sp³-hybridized carbons (Fsp3) is 0.316. The lowest BCUT2D eigenvalue weighted by atomic mass is 9.74. The number of aromatic amines is 1. The molecule has 4 aromatic rings. The van der Waals surface area contributed by atoms with E-state index < -0.39 is 0 Å². The van der Waals surface area contributed by atoms with Gasteiger partial charge in [-0.3, -0.25) is 9.20 Å². The third kappa shape index (κ3) is 2.84. The van der Waals surface area contributed by atoms with E-state index in [-0.39, 0.29) is 17.5 Å². The van der Waals surface area contributed by atoms with Crippen molar-refractivity contribution < 1.29 is 4.79 Å². The quantitative estimate of drug-likeness (QED) is 0.503. The highest BCUT2D eigenvalue weighted by molar-refractivity contribution is 5.93. The summed E-state index contributed by atoms with van der Waals surface area (Å²) in [4.78, 5) is 23.6. The Balaban J connectivity index is 1.36. The van der Waals surface area contributed by atoms with Crippen LogP contribution in [-0.2, 0) is 4.79 Å². The number of fused-ring (bicyclic) bond motifs is 2. The lowest BCUT2D eigenvalue weighted by Crippen LogP contribution is -2.59. The molecule has 0 saturated heterocycles. The van der Waals surface area contributed by atoms with Crippen molar-refractivity contribution in [3.05, 3.63) is 37.1 Å². The molecule has 142 valence electrons. The number of hydrogen-bond acceptors (Lipinski definition) is 6. The first-order valence-electron chi connectivity index (χ1n) is 9.18. The normalized spacial score (nSPS) is 21.6. The number of anilines is 1. The summed E-state index contributed by atoms with van der Waals surface area (Å²) in [5, 5.41) is 15.2. The minimum Gasteiger partial charge on any atom is -0.351 e. The van der Waals surface area contributed by atoms with Crippen LogP contribution in [0.25, 0.3) is 27.8 Å². The number of pyridine rings is 1. The van der Waals surface area contributed by atoms with Gasteiger partial charge >= 0.3 is 0 Å². The Labute approximate surface area is 160 Å². The maximum atomic E-state index is 11.3. The highest BCUT2D eigenvalue weighted by Gasteiger charge is 2.41. The average molecular weight is 376 g/mol. The number of carbonyl (C=O) groups excluding carboxylic acids is 1. The largest absolute Gasteiger partial charge is 0.351 e. The standard InChI is InChI=1S/C19H20N8O/c1-11(28)25-19(2)5-13(6-19)23-18-21-8-15-14(7-20-17(15)24-18)12-3-4-16-26-22-10-27(16)9-12/h3-4,7-10,13H,5-6H2,1-2H3,(H,25,28)(H2,20,21,23,24). The Kier molecular flexibility index (Phi) is 3.58. The second-order valence-electron chi connectivity index (χ2n) is 7.66. The SMILES string of the molecule is CC(=O)NC1(C)CC(Nc2ncc3c(-c4ccc5nncn5c4)c[nH]c3n2)C1. The molecule has 0 atom stereocenters. The summed E-state index contributed by atoms with van der Waals surface area (Å²) < 4.78 is 1.88. The van der Waals surface area contributed by atoms with Crippen molar-refractivity contribution in [2.75, 3.05) is 5.32 Å². The van der Waals surface area contributed by atoms with Gasteiger partial charge in [0.05, 0.1) is 0 Å². The first-order chi connectivity index (χ1) is 13.5. The van der Waals surface area contributed by atoms with Gasteiger partial charge in [0.2, 0.25) is 11.9 Å². The van der Waals surface area contributed by atoms with Crippen molar-refractivity contribution in [1.29, 1.82) is 0 Å². The molecule has 0 unspecified atom stereocenters. The molecule has 0 bridgehead atoms. The van der Waals surface area contributed by atoms with Gasteiger partial charge in [-0.1, -0.05) is 0 Å². The highest BCUT2D eigenvalue weighted by atomic mass is 16.1. The van der Waals surface area contributed by atoms with Crippen LogP contribution in [0.1, 0.15) is 26.7 Å². The summed E-state index contributed by atoms with van der Waals surface area (Å²) in [6.45, 7) is 3.60. The number of carbonyl (C=O) groups is 1. The summed E-state index contributed by atoms with van der Waals surface area (Å²) in [6.07, 6.45) is 9.14. The zero-order valence-electron chi connectivity index (χ0n) is 15.6. The molecule has 0 radical (unpaired) electrons. The van der Waals surface area contributed by atoms with Crippen LogP contribution in [0.3, 0.4) is 0 Å². The third-order valence-electron chi connectivity index (χ3n) is 5.24. The first kappa shape index (κ1) is 16.7. The molecule has 0 spiro atoms. The van der Waals surface area contributed by atoms with Crippen LogP contribution in [0.4, 0.5) is 5.95 Å². The van der Waals surface area contributed by atoms with Gasteiger partial charge in [0.25, 0.3) is 0 Å². The van der Waals surface area contributed by atoms with Crippen LogP contribution in [0.5, 0.6) is 0 Å². The Hall–Kier alpha value is -3.49. The monoisotopic (exact) mass is 376 g/mol. The van der Waals surface area contributed by atoms with Crippen LogP contribution in [0.15, 0.2) is 37.1 Å². The van der Waals surface area contributed by atoms with Crippen LogP contribution in [0, 0.1) is 0 Å². The molecule has 0 aromatic carbocycles. The van der Waals surface area contributed by atoms with E-state index in [4.69, 9.17) is 0 Å². The number of nitrogens with one attached hydrogen (secondary N) is 3. The molecule has 9 nitrogen and oxygen atoms in total. The van der Waals surface area contributed by atoms with E-state index in [1.54, 1.807) is 13.3 Å². The number of aromatic nitrogens is 6. The van der Waals surface area contributed by atoms with Gasteiger partial charge in [0.15, 0.2) is 5.65 Å². The molecule has 3 N–H and O–H groups in total. The molecule has 4 aromatic heterocycles. The fourth-order valence-corrected chi connectivity index (χ4v) is 4.04. The number of amides is 1. The molecular formula is C19H20N8O. The van der Waals surface area contributed by atoms with Crippen molar-refractivity contribution in [3.8, 4) is 11.1 Å². The average Bonchev–Trinajstić information content (AvgIpc) is 3.25. The second kappa shape index (κ2) is 6.01. The fourth-order valence-electron chi connectivity index (χ4n) is 4.04. The first-order valence-corrected chi connectivity index (χ1v) is 9.18. The van der Waals surface area contributed by atoms with Crippen molar-refractivity contribution in [3.63, 3.8) is 0 Å². The molecule has 0 aliphatic heterocycles. The molecular weight excluding hydrogens is 356 g/mol. The Morgan fingerprint density at radius 2 is 2.21 bits per heavy atom. The number of hydrogen-bond donors (Lipinski definition) is 3. The lowest BCUT2D eigenvalue weighted by molar-refractivity contribution is -0.121. The van der Waals surface area contributed by atoms with E-state index in [1.165, 1.54) is 0 Å². The Morgan fingerprint density at radius 1 is 1.36 bits per heavy atom. The van der Waals surface area contributed by atoms with Gasteiger partial charge in [0, 0.05) is 53.6 Å². The minimum atomic E-state index is -0.145. The van der Waals surface area contributed by atoms with Crippen LogP contribution in [0.2, 0.25) is 0 Å². The topological polar surface area (TPSA) is 113 Å². The zero-order valence-corrected chi connectivity index (χ0v) is 15.6. The molecule has 1 aliphatic carbocycles. The molecule has 1 amide bonds.